The largest absolute Gasteiger partial charge is 0.192 e. The van der Waals surface area contributed by atoms with Crippen LogP contribution in [0.5, 0.6) is 0 Å². The lowest BCUT2D eigenvalue weighted by Crippen LogP contribution is -1.78. The lowest BCUT2D eigenvalue weighted by molar-refractivity contribution is 1.22. The van der Waals surface area contributed by atoms with Crippen molar-refractivity contribution in [3.05, 3.63) is 50.9 Å². The summed E-state index contributed by atoms with van der Waals surface area (Å²) in [5.74, 6) is 0. The molecule has 0 fully saturated rings. The molecule has 0 unspecified atom stereocenters. The molecule has 0 atom stereocenters. The van der Waals surface area contributed by atoms with Gasteiger partial charge in [0.1, 0.15) is 0 Å². The van der Waals surface area contributed by atoms with Crippen molar-refractivity contribution in [3.63, 3.8) is 0 Å². The number of halogens is 1. The third kappa shape index (κ3) is 3.74. The number of azide groups is 1. The first-order valence-electron chi connectivity index (χ1n) is 4.14. The molecule has 0 amide bonds. The molecule has 15 heavy (non-hydrogen) atoms. The van der Waals surface area contributed by atoms with Crippen LogP contribution >= 0.6 is 11.6 Å². The number of rotatable bonds is 3. The van der Waals surface area contributed by atoms with Gasteiger partial charge in [0.15, 0.2) is 0 Å². The van der Waals surface area contributed by atoms with E-state index >= 15 is 0 Å². The molecular weight excluding hydrogens is 212 g/mol. The smallest absolute Gasteiger partial charge is 0.0992 e. The molecule has 0 spiro atoms. The monoisotopic (exact) mass is 218 g/mol. The summed E-state index contributed by atoms with van der Waals surface area (Å²) in [6.45, 7) is 0.283. The zero-order valence-corrected chi connectivity index (χ0v) is 8.52. The Morgan fingerprint density at radius 2 is 2.33 bits per heavy atom. The van der Waals surface area contributed by atoms with E-state index < -0.39 is 0 Å². The Balaban J connectivity index is 2.86. The van der Waals surface area contributed by atoms with Crippen molar-refractivity contribution in [2.24, 2.45) is 5.11 Å². The Morgan fingerprint density at radius 3 is 3.00 bits per heavy atom. The first-order valence-corrected chi connectivity index (χ1v) is 4.52. The normalized spacial score (nSPS) is 9.60. The summed E-state index contributed by atoms with van der Waals surface area (Å²) < 4.78 is 0. The van der Waals surface area contributed by atoms with Crippen molar-refractivity contribution < 1.29 is 0 Å². The van der Waals surface area contributed by atoms with Gasteiger partial charge >= 0.3 is 0 Å². The fourth-order valence-electron chi connectivity index (χ4n) is 1.05. The van der Waals surface area contributed by atoms with Gasteiger partial charge in [-0.2, -0.15) is 5.26 Å². The van der Waals surface area contributed by atoms with Crippen molar-refractivity contribution in [3.8, 4) is 6.07 Å². The topological polar surface area (TPSA) is 72.5 Å². The van der Waals surface area contributed by atoms with E-state index in [9.17, 15) is 0 Å². The fraction of sp³-hybridized carbons (Fsp3) is 0.100. The summed E-state index contributed by atoms with van der Waals surface area (Å²) in [6.07, 6.45) is 3.45. The quantitative estimate of drug-likeness (QED) is 0.434. The van der Waals surface area contributed by atoms with Crippen LogP contribution in [0.3, 0.4) is 0 Å². The Labute approximate surface area is 92.0 Å². The molecular formula is C10H7ClN4. The molecule has 0 radical (unpaired) electrons. The minimum atomic E-state index is 0.283. The molecule has 0 bridgehead atoms. The average molecular weight is 219 g/mol. The van der Waals surface area contributed by atoms with Crippen LogP contribution in [0.2, 0.25) is 5.02 Å². The van der Waals surface area contributed by atoms with E-state index in [0.29, 0.717) is 10.6 Å². The lowest BCUT2D eigenvalue weighted by atomic mass is 10.1. The van der Waals surface area contributed by atoms with Crippen LogP contribution < -0.4 is 0 Å². The standard InChI is InChI=1S/C10H7ClN4/c11-10-5-8(2-1-3-14-15-13)4-9(6-10)7-12/h1-2,4-6H,3H2. The second kappa shape index (κ2) is 5.71. The molecule has 0 aliphatic heterocycles. The van der Waals surface area contributed by atoms with Crippen molar-refractivity contribution in [1.82, 2.24) is 0 Å². The molecule has 5 heteroatoms. The van der Waals surface area contributed by atoms with E-state index in [-0.39, 0.29) is 6.54 Å². The highest BCUT2D eigenvalue weighted by molar-refractivity contribution is 6.30. The second-order valence-corrected chi connectivity index (χ2v) is 3.14. The Morgan fingerprint density at radius 1 is 1.53 bits per heavy atom. The van der Waals surface area contributed by atoms with Crippen molar-refractivity contribution in [2.75, 3.05) is 6.54 Å². The highest BCUT2D eigenvalue weighted by atomic mass is 35.5. The molecule has 0 aliphatic rings. The van der Waals surface area contributed by atoms with E-state index in [1.54, 1.807) is 30.4 Å². The minimum absolute atomic E-state index is 0.283. The zero-order valence-electron chi connectivity index (χ0n) is 7.76. The number of benzene rings is 1. The fourth-order valence-corrected chi connectivity index (χ4v) is 1.29. The Kier molecular flexibility index (Phi) is 4.24. The van der Waals surface area contributed by atoms with Crippen LogP contribution in [0.25, 0.3) is 16.5 Å². The zero-order chi connectivity index (χ0) is 11.1. The Bertz CT molecular complexity index is 467. The maximum Gasteiger partial charge on any atom is 0.0992 e. The van der Waals surface area contributed by atoms with E-state index in [1.807, 2.05) is 6.07 Å². The van der Waals surface area contributed by atoms with E-state index in [1.165, 1.54) is 0 Å². The molecule has 74 valence electrons. The maximum absolute atomic E-state index is 8.70. The summed E-state index contributed by atoms with van der Waals surface area (Å²) in [5.41, 5.74) is 9.37. The molecule has 0 saturated heterocycles. The highest BCUT2D eigenvalue weighted by Crippen LogP contribution is 2.15. The summed E-state index contributed by atoms with van der Waals surface area (Å²) in [4.78, 5) is 2.61. The van der Waals surface area contributed by atoms with Crippen LogP contribution in [0.1, 0.15) is 11.1 Å². The molecule has 0 heterocycles. The van der Waals surface area contributed by atoms with Crippen LogP contribution in [0.15, 0.2) is 29.4 Å². The molecule has 1 aromatic carbocycles. The molecule has 0 aromatic heterocycles. The molecule has 1 aromatic rings. The molecule has 1 rings (SSSR count). The average Bonchev–Trinajstić information content (AvgIpc) is 2.23. The van der Waals surface area contributed by atoms with Gasteiger partial charge in [0.05, 0.1) is 11.6 Å². The van der Waals surface area contributed by atoms with Gasteiger partial charge in [-0.1, -0.05) is 28.9 Å². The second-order valence-electron chi connectivity index (χ2n) is 2.70. The van der Waals surface area contributed by atoms with Gasteiger partial charge in [-0.15, -0.1) is 0 Å². The number of nitrogens with zero attached hydrogens (tertiary/aromatic N) is 4. The van der Waals surface area contributed by atoms with Crippen LogP contribution in [0.4, 0.5) is 0 Å². The predicted molar refractivity (Wildman–Crippen MR) is 59.2 cm³/mol. The molecule has 0 N–H and O–H groups in total. The molecule has 0 aliphatic carbocycles. The lowest BCUT2D eigenvalue weighted by Gasteiger charge is -1.96. The van der Waals surface area contributed by atoms with Crippen molar-refractivity contribution >= 4 is 17.7 Å². The highest BCUT2D eigenvalue weighted by Gasteiger charge is 1.95. The summed E-state index contributed by atoms with van der Waals surface area (Å²) in [5, 5.41) is 12.6. The number of hydrogen-bond donors (Lipinski definition) is 0. The van der Waals surface area contributed by atoms with Gasteiger partial charge < -0.3 is 0 Å². The van der Waals surface area contributed by atoms with Crippen LogP contribution in [-0.2, 0) is 0 Å². The van der Waals surface area contributed by atoms with Gasteiger partial charge in [0, 0.05) is 16.5 Å². The number of nitriles is 1. The summed E-state index contributed by atoms with van der Waals surface area (Å²) >= 11 is 5.80. The molecule has 4 nitrogen and oxygen atoms in total. The maximum atomic E-state index is 8.70. The van der Waals surface area contributed by atoms with E-state index in [2.05, 4.69) is 10.0 Å². The SMILES string of the molecule is N#Cc1cc(Cl)cc(C=CCN=[N+]=[N-])c1. The van der Waals surface area contributed by atoms with Crippen molar-refractivity contribution in [1.29, 1.82) is 5.26 Å². The predicted octanol–water partition coefficient (Wildman–Crippen LogP) is 3.54. The number of hydrogen-bond acceptors (Lipinski definition) is 2. The molecule has 0 saturated carbocycles. The van der Waals surface area contributed by atoms with Gasteiger partial charge in [-0.3, -0.25) is 0 Å². The Hall–Kier alpha value is -1.95. The van der Waals surface area contributed by atoms with Gasteiger partial charge in [0.2, 0.25) is 0 Å². The van der Waals surface area contributed by atoms with E-state index in [0.717, 1.165) is 5.56 Å². The minimum Gasteiger partial charge on any atom is -0.192 e. The van der Waals surface area contributed by atoms with Crippen LogP contribution in [-0.4, -0.2) is 6.54 Å². The van der Waals surface area contributed by atoms with Gasteiger partial charge in [0.25, 0.3) is 0 Å². The summed E-state index contributed by atoms with van der Waals surface area (Å²) in [7, 11) is 0. The first kappa shape index (κ1) is 11.1. The summed E-state index contributed by atoms with van der Waals surface area (Å²) in [6, 6.07) is 7.04. The third-order valence-electron chi connectivity index (χ3n) is 1.61. The van der Waals surface area contributed by atoms with Gasteiger partial charge in [-0.05, 0) is 29.3 Å². The van der Waals surface area contributed by atoms with E-state index in [4.69, 9.17) is 22.4 Å². The third-order valence-corrected chi connectivity index (χ3v) is 1.83. The van der Waals surface area contributed by atoms with Crippen LogP contribution in [0, 0.1) is 11.3 Å². The van der Waals surface area contributed by atoms with Crippen molar-refractivity contribution in [2.45, 2.75) is 0 Å². The first-order chi connectivity index (χ1) is 7.26. The van der Waals surface area contributed by atoms with Gasteiger partial charge in [-0.25, -0.2) is 0 Å².